The molecule has 4 nitrogen and oxygen atoms in total. The minimum atomic E-state index is -0.489. The number of anilines is 1. The fourth-order valence-corrected chi connectivity index (χ4v) is 2.87. The van der Waals surface area contributed by atoms with E-state index in [0.717, 1.165) is 31.6 Å². The van der Waals surface area contributed by atoms with E-state index in [1.807, 2.05) is 6.07 Å². The Morgan fingerprint density at radius 2 is 2.15 bits per heavy atom. The van der Waals surface area contributed by atoms with Crippen LogP contribution in [-0.2, 0) is 0 Å². The Bertz CT molecular complexity index is 470. The topological polar surface area (TPSA) is 58.4 Å². The zero-order chi connectivity index (χ0) is 14.5. The van der Waals surface area contributed by atoms with E-state index in [-0.39, 0.29) is 0 Å². The standard InChI is InChI=1S/C15H22ClN3O/c1-2-7-19-8-5-11(6-9-19)18-12-3-4-14(16)13(10-12)15(17)20/h3-4,10-11,18H,2,5-9H2,1H3,(H2,17,20). The first-order chi connectivity index (χ1) is 9.60. The molecule has 0 aliphatic carbocycles. The van der Waals surface area contributed by atoms with Crippen molar-refractivity contribution in [3.63, 3.8) is 0 Å². The maximum atomic E-state index is 11.3. The first kappa shape index (κ1) is 15.1. The molecule has 20 heavy (non-hydrogen) atoms. The van der Waals surface area contributed by atoms with Crippen LogP contribution in [0.2, 0.25) is 5.02 Å². The summed E-state index contributed by atoms with van der Waals surface area (Å²) in [6, 6.07) is 5.80. The van der Waals surface area contributed by atoms with Crippen LogP contribution in [0.5, 0.6) is 0 Å². The molecule has 0 atom stereocenters. The van der Waals surface area contributed by atoms with E-state index >= 15 is 0 Å². The molecule has 0 saturated carbocycles. The first-order valence-corrected chi connectivity index (χ1v) is 7.56. The van der Waals surface area contributed by atoms with Gasteiger partial charge in [0, 0.05) is 24.8 Å². The Morgan fingerprint density at radius 3 is 2.75 bits per heavy atom. The van der Waals surface area contributed by atoms with E-state index < -0.39 is 5.91 Å². The molecular formula is C15H22ClN3O. The van der Waals surface area contributed by atoms with Gasteiger partial charge in [0.25, 0.3) is 0 Å². The second-order valence-corrected chi connectivity index (χ2v) is 5.73. The summed E-state index contributed by atoms with van der Waals surface area (Å²) in [6.07, 6.45) is 3.44. The van der Waals surface area contributed by atoms with Crippen molar-refractivity contribution in [1.29, 1.82) is 0 Å². The summed E-state index contributed by atoms with van der Waals surface area (Å²) in [5, 5.41) is 3.88. The monoisotopic (exact) mass is 295 g/mol. The Morgan fingerprint density at radius 1 is 1.45 bits per heavy atom. The van der Waals surface area contributed by atoms with Crippen molar-refractivity contribution in [1.82, 2.24) is 4.90 Å². The molecule has 1 aliphatic rings. The summed E-state index contributed by atoms with van der Waals surface area (Å²) >= 11 is 5.95. The van der Waals surface area contributed by atoms with Crippen LogP contribution in [0.25, 0.3) is 0 Å². The van der Waals surface area contributed by atoms with E-state index in [1.165, 1.54) is 13.0 Å². The highest BCUT2D eigenvalue weighted by Crippen LogP contribution is 2.22. The lowest BCUT2D eigenvalue weighted by atomic mass is 10.0. The minimum Gasteiger partial charge on any atom is -0.382 e. The number of likely N-dealkylation sites (tertiary alicyclic amines) is 1. The highest BCUT2D eigenvalue weighted by Gasteiger charge is 2.18. The first-order valence-electron chi connectivity index (χ1n) is 7.18. The summed E-state index contributed by atoms with van der Waals surface area (Å²) in [5.74, 6) is -0.489. The number of hydrogen-bond donors (Lipinski definition) is 2. The average molecular weight is 296 g/mol. The molecule has 1 aromatic carbocycles. The van der Waals surface area contributed by atoms with Gasteiger partial charge in [-0.25, -0.2) is 0 Å². The van der Waals surface area contributed by atoms with Gasteiger partial charge in [0.1, 0.15) is 0 Å². The van der Waals surface area contributed by atoms with Crippen LogP contribution in [0.4, 0.5) is 5.69 Å². The summed E-state index contributed by atoms with van der Waals surface area (Å²) in [7, 11) is 0. The van der Waals surface area contributed by atoms with Crippen LogP contribution in [0, 0.1) is 0 Å². The number of carbonyl (C=O) groups is 1. The third kappa shape index (κ3) is 3.87. The summed E-state index contributed by atoms with van der Waals surface area (Å²) in [5.41, 5.74) is 6.60. The average Bonchev–Trinajstić information content (AvgIpc) is 2.43. The molecule has 1 amide bonds. The predicted octanol–water partition coefficient (Wildman–Crippen LogP) is 2.73. The van der Waals surface area contributed by atoms with Crippen LogP contribution in [-0.4, -0.2) is 36.5 Å². The van der Waals surface area contributed by atoms with Crippen LogP contribution in [0.3, 0.4) is 0 Å². The van der Waals surface area contributed by atoms with Crippen molar-refractivity contribution in [2.24, 2.45) is 5.73 Å². The van der Waals surface area contributed by atoms with Crippen molar-refractivity contribution in [2.75, 3.05) is 25.0 Å². The molecular weight excluding hydrogens is 274 g/mol. The van der Waals surface area contributed by atoms with Crippen LogP contribution in [0.15, 0.2) is 18.2 Å². The van der Waals surface area contributed by atoms with Gasteiger partial charge in [0.05, 0.1) is 10.6 Å². The van der Waals surface area contributed by atoms with Crippen LogP contribution in [0.1, 0.15) is 36.5 Å². The second kappa shape index (κ2) is 6.95. The van der Waals surface area contributed by atoms with Gasteiger partial charge < -0.3 is 16.0 Å². The molecule has 0 radical (unpaired) electrons. The largest absolute Gasteiger partial charge is 0.382 e. The Hall–Kier alpha value is -1.26. The van der Waals surface area contributed by atoms with E-state index in [0.29, 0.717) is 16.6 Å². The van der Waals surface area contributed by atoms with Gasteiger partial charge in [-0.05, 0) is 44.0 Å². The zero-order valence-corrected chi connectivity index (χ0v) is 12.6. The highest BCUT2D eigenvalue weighted by molar-refractivity contribution is 6.33. The smallest absolute Gasteiger partial charge is 0.250 e. The molecule has 1 aromatic rings. The molecule has 1 saturated heterocycles. The number of piperidine rings is 1. The van der Waals surface area contributed by atoms with E-state index in [1.54, 1.807) is 12.1 Å². The quantitative estimate of drug-likeness (QED) is 0.878. The lowest BCUT2D eigenvalue weighted by molar-refractivity contribution is 0.100. The van der Waals surface area contributed by atoms with Gasteiger partial charge in [0.2, 0.25) is 5.91 Å². The van der Waals surface area contributed by atoms with Gasteiger partial charge in [-0.15, -0.1) is 0 Å². The molecule has 1 fully saturated rings. The molecule has 2 rings (SSSR count). The molecule has 110 valence electrons. The van der Waals surface area contributed by atoms with E-state index in [9.17, 15) is 4.79 Å². The third-order valence-corrected chi connectivity index (χ3v) is 4.06. The molecule has 0 spiro atoms. The van der Waals surface area contributed by atoms with Crippen molar-refractivity contribution in [3.05, 3.63) is 28.8 Å². The number of nitrogens with two attached hydrogens (primary N) is 1. The lowest BCUT2D eigenvalue weighted by Gasteiger charge is -2.32. The van der Waals surface area contributed by atoms with Crippen molar-refractivity contribution in [3.8, 4) is 0 Å². The van der Waals surface area contributed by atoms with Crippen molar-refractivity contribution >= 4 is 23.2 Å². The molecule has 1 aliphatic heterocycles. The van der Waals surface area contributed by atoms with Gasteiger partial charge in [-0.1, -0.05) is 18.5 Å². The van der Waals surface area contributed by atoms with Crippen LogP contribution < -0.4 is 11.1 Å². The maximum Gasteiger partial charge on any atom is 0.250 e. The Balaban J connectivity index is 1.94. The molecule has 1 heterocycles. The van der Waals surface area contributed by atoms with Crippen LogP contribution >= 0.6 is 11.6 Å². The van der Waals surface area contributed by atoms with E-state index in [2.05, 4.69) is 17.1 Å². The zero-order valence-electron chi connectivity index (χ0n) is 11.9. The number of primary amides is 1. The third-order valence-electron chi connectivity index (χ3n) is 3.73. The van der Waals surface area contributed by atoms with Gasteiger partial charge >= 0.3 is 0 Å². The number of carbonyl (C=O) groups excluding carboxylic acids is 1. The number of hydrogen-bond acceptors (Lipinski definition) is 3. The Labute approximate surface area is 125 Å². The molecule has 0 aromatic heterocycles. The number of nitrogens with one attached hydrogen (secondary N) is 1. The normalized spacial score (nSPS) is 17.1. The number of halogens is 1. The lowest BCUT2D eigenvalue weighted by Crippen LogP contribution is -2.39. The summed E-state index contributed by atoms with van der Waals surface area (Å²) in [6.45, 7) is 5.65. The molecule has 0 unspecified atom stereocenters. The van der Waals surface area contributed by atoms with Gasteiger partial charge in [-0.2, -0.15) is 0 Å². The molecule has 3 N–H and O–H groups in total. The fourth-order valence-electron chi connectivity index (χ4n) is 2.66. The second-order valence-electron chi connectivity index (χ2n) is 5.32. The highest BCUT2D eigenvalue weighted by atomic mass is 35.5. The summed E-state index contributed by atoms with van der Waals surface area (Å²) in [4.78, 5) is 13.8. The minimum absolute atomic E-state index is 0.375. The fraction of sp³-hybridized carbons (Fsp3) is 0.533. The predicted molar refractivity (Wildman–Crippen MR) is 83.3 cm³/mol. The number of nitrogens with zero attached hydrogens (tertiary/aromatic N) is 1. The van der Waals surface area contributed by atoms with Gasteiger partial charge in [0.15, 0.2) is 0 Å². The van der Waals surface area contributed by atoms with E-state index in [4.69, 9.17) is 17.3 Å². The van der Waals surface area contributed by atoms with Crippen molar-refractivity contribution in [2.45, 2.75) is 32.2 Å². The SMILES string of the molecule is CCCN1CCC(Nc2ccc(Cl)c(C(N)=O)c2)CC1. The molecule has 5 heteroatoms. The van der Waals surface area contributed by atoms with Gasteiger partial charge in [-0.3, -0.25) is 4.79 Å². The number of amides is 1. The van der Waals surface area contributed by atoms with Crippen molar-refractivity contribution < 1.29 is 4.79 Å². The molecule has 0 bridgehead atoms. The Kier molecular flexibility index (Phi) is 5.26. The number of rotatable bonds is 5. The summed E-state index contributed by atoms with van der Waals surface area (Å²) < 4.78 is 0. The number of benzene rings is 1. The maximum absolute atomic E-state index is 11.3.